The predicted octanol–water partition coefficient (Wildman–Crippen LogP) is 1.80. The minimum absolute atomic E-state index is 0.110. The first-order valence-electron chi connectivity index (χ1n) is 6.33. The van der Waals surface area contributed by atoms with Crippen LogP contribution in [-0.4, -0.2) is 54.2 Å². The molecule has 0 N–H and O–H groups in total. The van der Waals surface area contributed by atoms with Gasteiger partial charge in [0.05, 0.1) is 6.54 Å². The molecule has 0 spiro atoms. The highest BCUT2D eigenvalue weighted by atomic mass is 79.9. The van der Waals surface area contributed by atoms with E-state index in [-0.39, 0.29) is 11.7 Å². The third-order valence-corrected chi connectivity index (χ3v) is 3.88. The Hall–Kier alpha value is -1.20. The largest absolute Gasteiger partial charge is 0.340 e. The van der Waals surface area contributed by atoms with Crippen molar-refractivity contribution in [3.63, 3.8) is 0 Å². The van der Waals surface area contributed by atoms with Gasteiger partial charge in [-0.1, -0.05) is 28.1 Å². The van der Waals surface area contributed by atoms with Crippen LogP contribution in [0.25, 0.3) is 0 Å². The number of benzene rings is 1. The van der Waals surface area contributed by atoms with E-state index >= 15 is 0 Å². The van der Waals surface area contributed by atoms with Gasteiger partial charge in [0, 0.05) is 43.1 Å². The Morgan fingerprint density at radius 3 is 2.21 bits per heavy atom. The van der Waals surface area contributed by atoms with Crippen molar-refractivity contribution in [1.29, 1.82) is 0 Å². The maximum absolute atomic E-state index is 12.1. The second kappa shape index (κ2) is 6.30. The van der Waals surface area contributed by atoms with Gasteiger partial charge in [0.15, 0.2) is 5.78 Å². The van der Waals surface area contributed by atoms with Gasteiger partial charge < -0.3 is 4.90 Å². The Morgan fingerprint density at radius 1 is 1.11 bits per heavy atom. The van der Waals surface area contributed by atoms with Crippen molar-refractivity contribution < 1.29 is 9.59 Å². The summed E-state index contributed by atoms with van der Waals surface area (Å²) >= 11 is 3.35. The molecule has 4 nitrogen and oxygen atoms in total. The normalized spacial score (nSPS) is 16.4. The molecular weight excluding hydrogens is 308 g/mol. The summed E-state index contributed by atoms with van der Waals surface area (Å²) < 4.78 is 0.971. The van der Waals surface area contributed by atoms with E-state index in [0.29, 0.717) is 19.6 Å². The van der Waals surface area contributed by atoms with E-state index in [9.17, 15) is 9.59 Å². The molecule has 1 fully saturated rings. The molecule has 1 amide bonds. The van der Waals surface area contributed by atoms with Gasteiger partial charge in [0.2, 0.25) is 5.91 Å². The minimum atomic E-state index is 0.110. The van der Waals surface area contributed by atoms with E-state index in [0.717, 1.165) is 23.1 Å². The average Bonchev–Trinajstić information content (AvgIpc) is 2.40. The molecule has 0 saturated carbocycles. The first-order chi connectivity index (χ1) is 9.06. The van der Waals surface area contributed by atoms with Crippen molar-refractivity contribution in [2.45, 2.75) is 6.92 Å². The van der Waals surface area contributed by atoms with Crippen LogP contribution < -0.4 is 0 Å². The molecule has 5 heteroatoms. The molecule has 0 bridgehead atoms. The van der Waals surface area contributed by atoms with Crippen molar-refractivity contribution in [1.82, 2.24) is 9.80 Å². The zero-order valence-corrected chi connectivity index (χ0v) is 12.5. The molecule has 1 aromatic rings. The second-order valence-corrected chi connectivity index (χ2v) is 5.63. The summed E-state index contributed by atoms with van der Waals surface area (Å²) in [4.78, 5) is 27.2. The average molecular weight is 325 g/mol. The first kappa shape index (κ1) is 14.2. The van der Waals surface area contributed by atoms with E-state index in [2.05, 4.69) is 20.8 Å². The summed E-state index contributed by atoms with van der Waals surface area (Å²) in [7, 11) is 0. The van der Waals surface area contributed by atoms with Crippen molar-refractivity contribution in [3.8, 4) is 0 Å². The summed E-state index contributed by atoms with van der Waals surface area (Å²) in [6, 6.07) is 7.41. The minimum Gasteiger partial charge on any atom is -0.340 e. The lowest BCUT2D eigenvalue weighted by Gasteiger charge is -2.33. The number of hydrogen-bond acceptors (Lipinski definition) is 3. The molecule has 1 aliphatic heterocycles. The number of rotatable bonds is 3. The molecule has 1 heterocycles. The summed E-state index contributed by atoms with van der Waals surface area (Å²) in [6.07, 6.45) is 0. The number of piperazine rings is 1. The summed E-state index contributed by atoms with van der Waals surface area (Å²) in [6.45, 7) is 4.96. The van der Waals surface area contributed by atoms with E-state index in [1.807, 2.05) is 29.2 Å². The number of nitrogens with zero attached hydrogens (tertiary/aromatic N) is 2. The molecule has 0 radical (unpaired) electrons. The van der Waals surface area contributed by atoms with Crippen LogP contribution in [0.3, 0.4) is 0 Å². The van der Waals surface area contributed by atoms with Crippen LogP contribution in [-0.2, 0) is 4.79 Å². The van der Waals surface area contributed by atoms with Crippen LogP contribution in [0.15, 0.2) is 28.7 Å². The number of hydrogen-bond donors (Lipinski definition) is 0. The zero-order valence-electron chi connectivity index (χ0n) is 10.9. The SMILES string of the molecule is CC(=O)N1CCN(CC(=O)c2ccc(Br)cc2)CC1. The van der Waals surface area contributed by atoms with Gasteiger partial charge in [-0.05, 0) is 12.1 Å². The fourth-order valence-electron chi connectivity index (χ4n) is 2.15. The standard InChI is InChI=1S/C14H17BrN2O2/c1-11(18)17-8-6-16(7-9-17)10-14(19)12-2-4-13(15)5-3-12/h2-5H,6-10H2,1H3. The van der Waals surface area contributed by atoms with E-state index in [4.69, 9.17) is 0 Å². The maximum Gasteiger partial charge on any atom is 0.219 e. The lowest BCUT2D eigenvalue weighted by Crippen LogP contribution is -2.49. The highest BCUT2D eigenvalue weighted by Gasteiger charge is 2.20. The molecule has 1 saturated heterocycles. The smallest absolute Gasteiger partial charge is 0.219 e. The zero-order chi connectivity index (χ0) is 13.8. The van der Waals surface area contributed by atoms with Crippen LogP contribution in [0.5, 0.6) is 0 Å². The number of carbonyl (C=O) groups is 2. The van der Waals surface area contributed by atoms with Gasteiger partial charge in [-0.15, -0.1) is 0 Å². The number of carbonyl (C=O) groups excluding carboxylic acids is 2. The van der Waals surface area contributed by atoms with Gasteiger partial charge in [0.25, 0.3) is 0 Å². The highest BCUT2D eigenvalue weighted by molar-refractivity contribution is 9.10. The maximum atomic E-state index is 12.1. The van der Waals surface area contributed by atoms with Crippen molar-refractivity contribution in [2.75, 3.05) is 32.7 Å². The number of amides is 1. The van der Waals surface area contributed by atoms with Crippen molar-refractivity contribution in [3.05, 3.63) is 34.3 Å². The van der Waals surface area contributed by atoms with Crippen LogP contribution in [0.4, 0.5) is 0 Å². The molecule has 0 atom stereocenters. The van der Waals surface area contributed by atoms with Crippen LogP contribution in [0, 0.1) is 0 Å². The molecule has 0 aliphatic carbocycles. The molecule has 102 valence electrons. The number of ketones is 1. The first-order valence-corrected chi connectivity index (χ1v) is 7.12. The molecular formula is C14H17BrN2O2. The Kier molecular flexibility index (Phi) is 4.71. The summed E-state index contributed by atoms with van der Waals surface area (Å²) in [5.74, 6) is 0.239. The number of Topliss-reactive ketones (excluding diaryl/α,β-unsaturated/α-hetero) is 1. The molecule has 1 aliphatic rings. The quantitative estimate of drug-likeness (QED) is 0.796. The third-order valence-electron chi connectivity index (χ3n) is 3.35. The van der Waals surface area contributed by atoms with Crippen molar-refractivity contribution >= 4 is 27.6 Å². The Bertz CT molecular complexity index is 465. The topological polar surface area (TPSA) is 40.6 Å². The van der Waals surface area contributed by atoms with E-state index in [1.54, 1.807) is 6.92 Å². The Labute approximate surface area is 121 Å². The van der Waals surface area contributed by atoms with Crippen molar-refractivity contribution in [2.24, 2.45) is 0 Å². The molecule has 19 heavy (non-hydrogen) atoms. The van der Waals surface area contributed by atoms with Crippen LogP contribution in [0.1, 0.15) is 17.3 Å². The molecule has 2 rings (SSSR count). The molecule has 0 unspecified atom stereocenters. The Morgan fingerprint density at radius 2 is 1.68 bits per heavy atom. The monoisotopic (exact) mass is 324 g/mol. The number of halogens is 1. The highest BCUT2D eigenvalue weighted by Crippen LogP contribution is 2.12. The van der Waals surface area contributed by atoms with Gasteiger partial charge in [-0.3, -0.25) is 14.5 Å². The van der Waals surface area contributed by atoms with Crippen LogP contribution in [0.2, 0.25) is 0 Å². The Balaban J connectivity index is 1.87. The summed E-state index contributed by atoms with van der Waals surface area (Å²) in [5, 5.41) is 0. The lowest BCUT2D eigenvalue weighted by molar-refractivity contribution is -0.130. The molecule has 0 aromatic heterocycles. The van der Waals surface area contributed by atoms with Gasteiger partial charge >= 0.3 is 0 Å². The van der Waals surface area contributed by atoms with Gasteiger partial charge in [-0.25, -0.2) is 0 Å². The van der Waals surface area contributed by atoms with Crippen LogP contribution >= 0.6 is 15.9 Å². The molecule has 1 aromatic carbocycles. The van der Waals surface area contributed by atoms with Gasteiger partial charge in [-0.2, -0.15) is 0 Å². The third kappa shape index (κ3) is 3.88. The fraction of sp³-hybridized carbons (Fsp3) is 0.429. The van der Waals surface area contributed by atoms with E-state index < -0.39 is 0 Å². The lowest BCUT2D eigenvalue weighted by atomic mass is 10.1. The second-order valence-electron chi connectivity index (χ2n) is 4.71. The predicted molar refractivity (Wildman–Crippen MR) is 77.2 cm³/mol. The van der Waals surface area contributed by atoms with E-state index in [1.165, 1.54) is 0 Å². The van der Waals surface area contributed by atoms with Gasteiger partial charge in [0.1, 0.15) is 0 Å². The fourth-order valence-corrected chi connectivity index (χ4v) is 2.42. The summed E-state index contributed by atoms with van der Waals surface area (Å²) in [5.41, 5.74) is 0.734.